The molecule has 0 saturated carbocycles. The summed E-state index contributed by atoms with van der Waals surface area (Å²) >= 11 is 0. The van der Waals surface area contributed by atoms with E-state index in [1.54, 1.807) is 0 Å². The standard InChI is InChI=1S/C33H40N4O/c1-33(2)20-22-37(23-21-33)29-18-19-31(35-25-29)36-32(38)30(28-11-7-5-8-12-28)13-9-4-3-6-10-26-14-16-27(24-34)17-15-26/h5,7-8,11-12,14-19,25,30H,3-4,6,9-10,13,20-23H2,1-2H3,(H,35,36,38). The number of carbonyl (C=O) groups excluding carboxylic acids is 1. The highest BCUT2D eigenvalue weighted by atomic mass is 16.1. The predicted octanol–water partition coefficient (Wildman–Crippen LogP) is 7.50. The number of amides is 1. The average Bonchev–Trinajstić information content (AvgIpc) is 2.94. The first kappa shape index (κ1) is 27.4. The number of hydrogen-bond donors (Lipinski definition) is 1. The van der Waals surface area contributed by atoms with Gasteiger partial charge in [0, 0.05) is 13.1 Å². The van der Waals surface area contributed by atoms with Gasteiger partial charge in [-0.25, -0.2) is 4.98 Å². The third-order valence-electron chi connectivity index (χ3n) is 7.79. The van der Waals surface area contributed by atoms with Crippen LogP contribution in [0, 0.1) is 16.7 Å². The van der Waals surface area contributed by atoms with E-state index in [9.17, 15) is 4.79 Å². The van der Waals surface area contributed by atoms with Crippen LogP contribution in [0.15, 0.2) is 72.9 Å². The molecule has 1 aromatic heterocycles. The van der Waals surface area contributed by atoms with Gasteiger partial charge in [-0.15, -0.1) is 0 Å². The summed E-state index contributed by atoms with van der Waals surface area (Å²) in [4.78, 5) is 20.3. The minimum atomic E-state index is -0.194. The Morgan fingerprint density at radius 1 is 0.974 bits per heavy atom. The molecule has 198 valence electrons. The fourth-order valence-electron chi connectivity index (χ4n) is 5.14. The molecule has 0 radical (unpaired) electrons. The minimum absolute atomic E-state index is 0.00811. The molecule has 5 nitrogen and oxygen atoms in total. The quantitative estimate of drug-likeness (QED) is 0.272. The van der Waals surface area contributed by atoms with Crippen molar-refractivity contribution in [3.05, 3.63) is 89.6 Å². The van der Waals surface area contributed by atoms with Gasteiger partial charge < -0.3 is 10.2 Å². The molecular formula is C33H40N4O. The van der Waals surface area contributed by atoms with Crippen molar-refractivity contribution in [3.8, 4) is 6.07 Å². The maximum Gasteiger partial charge on any atom is 0.233 e. The lowest BCUT2D eigenvalue weighted by Gasteiger charge is -2.38. The second kappa shape index (κ2) is 13.2. The summed E-state index contributed by atoms with van der Waals surface area (Å²) in [6.07, 6.45) is 10.4. The molecule has 1 fully saturated rings. The first-order valence-corrected chi connectivity index (χ1v) is 14.0. The van der Waals surface area contributed by atoms with Crippen LogP contribution in [0.3, 0.4) is 0 Å². The maximum atomic E-state index is 13.3. The van der Waals surface area contributed by atoms with Crippen LogP contribution in [-0.2, 0) is 11.2 Å². The number of aromatic nitrogens is 1. The zero-order valence-electron chi connectivity index (χ0n) is 22.8. The third kappa shape index (κ3) is 7.92. The van der Waals surface area contributed by atoms with E-state index in [0.29, 0.717) is 16.8 Å². The van der Waals surface area contributed by atoms with Gasteiger partial charge in [0.25, 0.3) is 0 Å². The van der Waals surface area contributed by atoms with Gasteiger partial charge in [-0.2, -0.15) is 5.26 Å². The van der Waals surface area contributed by atoms with Crippen molar-refractivity contribution in [3.63, 3.8) is 0 Å². The van der Waals surface area contributed by atoms with Crippen LogP contribution in [-0.4, -0.2) is 24.0 Å². The van der Waals surface area contributed by atoms with Crippen molar-refractivity contribution < 1.29 is 4.79 Å². The van der Waals surface area contributed by atoms with Crippen LogP contribution in [0.4, 0.5) is 11.5 Å². The molecule has 38 heavy (non-hydrogen) atoms. The van der Waals surface area contributed by atoms with Crippen molar-refractivity contribution in [2.75, 3.05) is 23.3 Å². The molecule has 1 N–H and O–H groups in total. The van der Waals surface area contributed by atoms with Crippen LogP contribution < -0.4 is 10.2 Å². The molecule has 2 heterocycles. The van der Waals surface area contributed by atoms with E-state index in [1.807, 2.05) is 66.9 Å². The Bertz CT molecular complexity index is 1190. The van der Waals surface area contributed by atoms with Crippen LogP contribution in [0.2, 0.25) is 0 Å². The number of unbranched alkanes of at least 4 members (excludes halogenated alkanes) is 3. The Kier molecular flexibility index (Phi) is 9.54. The Labute approximate surface area is 227 Å². The SMILES string of the molecule is CC1(C)CCN(c2ccc(NC(=O)C(CCCCCCc3ccc(C#N)cc3)c3ccccc3)nc2)CC1. The molecule has 1 saturated heterocycles. The number of pyridine rings is 1. The lowest BCUT2D eigenvalue weighted by Crippen LogP contribution is -2.37. The Balaban J connectivity index is 1.27. The van der Waals surface area contributed by atoms with Crippen LogP contribution >= 0.6 is 0 Å². The second-order valence-electron chi connectivity index (χ2n) is 11.3. The van der Waals surface area contributed by atoms with Crippen LogP contribution in [0.25, 0.3) is 0 Å². The van der Waals surface area contributed by atoms with Crippen LogP contribution in [0.5, 0.6) is 0 Å². The fraction of sp³-hybridized carbons (Fsp3) is 0.424. The number of nitrogens with zero attached hydrogens (tertiary/aromatic N) is 3. The molecular weight excluding hydrogens is 468 g/mol. The molecule has 0 aliphatic carbocycles. The molecule has 0 bridgehead atoms. The first-order valence-electron chi connectivity index (χ1n) is 14.0. The Morgan fingerprint density at radius 3 is 2.34 bits per heavy atom. The van der Waals surface area contributed by atoms with Gasteiger partial charge in [0.15, 0.2) is 0 Å². The molecule has 1 atom stereocenters. The molecule has 2 aromatic carbocycles. The van der Waals surface area contributed by atoms with Gasteiger partial charge in [-0.3, -0.25) is 4.79 Å². The normalized spacial score (nSPS) is 15.4. The molecule has 1 unspecified atom stereocenters. The Morgan fingerprint density at radius 2 is 1.68 bits per heavy atom. The summed E-state index contributed by atoms with van der Waals surface area (Å²) in [5.74, 6) is 0.425. The fourth-order valence-corrected chi connectivity index (χ4v) is 5.14. The average molecular weight is 509 g/mol. The number of piperidine rings is 1. The lowest BCUT2D eigenvalue weighted by atomic mass is 9.82. The van der Waals surface area contributed by atoms with E-state index in [-0.39, 0.29) is 11.8 Å². The monoisotopic (exact) mass is 508 g/mol. The van der Waals surface area contributed by atoms with Crippen LogP contribution in [0.1, 0.15) is 81.4 Å². The Hall–Kier alpha value is -3.65. The lowest BCUT2D eigenvalue weighted by molar-refractivity contribution is -0.117. The molecule has 4 rings (SSSR count). The highest BCUT2D eigenvalue weighted by molar-refractivity contribution is 5.95. The number of rotatable bonds is 11. The zero-order valence-corrected chi connectivity index (χ0v) is 22.8. The minimum Gasteiger partial charge on any atom is -0.370 e. The molecule has 1 aliphatic heterocycles. The highest BCUT2D eigenvalue weighted by Crippen LogP contribution is 2.32. The topological polar surface area (TPSA) is 69.0 Å². The maximum absolute atomic E-state index is 13.3. The summed E-state index contributed by atoms with van der Waals surface area (Å²) in [5.41, 5.74) is 4.56. The first-order chi connectivity index (χ1) is 18.4. The predicted molar refractivity (Wildman–Crippen MR) is 155 cm³/mol. The van der Waals surface area contributed by atoms with Crippen molar-refractivity contribution in [2.45, 2.75) is 71.1 Å². The van der Waals surface area contributed by atoms with Crippen molar-refractivity contribution >= 4 is 17.4 Å². The van der Waals surface area contributed by atoms with E-state index in [4.69, 9.17) is 5.26 Å². The van der Waals surface area contributed by atoms with E-state index in [0.717, 1.165) is 62.9 Å². The van der Waals surface area contributed by atoms with Gasteiger partial charge >= 0.3 is 0 Å². The number of benzene rings is 2. The highest BCUT2D eigenvalue weighted by Gasteiger charge is 2.26. The van der Waals surface area contributed by atoms with E-state index < -0.39 is 0 Å². The number of anilines is 2. The summed E-state index contributed by atoms with van der Waals surface area (Å²) in [6, 6.07) is 24.1. The van der Waals surface area contributed by atoms with Gasteiger partial charge in [-0.05, 0) is 72.9 Å². The zero-order chi connectivity index (χ0) is 26.8. The van der Waals surface area contributed by atoms with Gasteiger partial charge in [0.1, 0.15) is 5.82 Å². The second-order valence-corrected chi connectivity index (χ2v) is 11.3. The van der Waals surface area contributed by atoms with E-state index >= 15 is 0 Å². The molecule has 3 aromatic rings. The van der Waals surface area contributed by atoms with Gasteiger partial charge in [0.2, 0.25) is 5.91 Å². The largest absolute Gasteiger partial charge is 0.370 e. The number of aryl methyl sites for hydroxylation is 1. The van der Waals surface area contributed by atoms with Gasteiger partial charge in [0.05, 0.1) is 29.4 Å². The molecule has 5 heteroatoms. The number of nitrogens with one attached hydrogen (secondary N) is 1. The number of nitriles is 1. The number of carbonyl (C=O) groups is 1. The van der Waals surface area contributed by atoms with E-state index in [2.05, 4.69) is 41.2 Å². The molecule has 0 spiro atoms. The van der Waals surface area contributed by atoms with Crippen molar-refractivity contribution in [1.82, 2.24) is 4.98 Å². The van der Waals surface area contributed by atoms with E-state index in [1.165, 1.54) is 18.4 Å². The van der Waals surface area contributed by atoms with Crippen molar-refractivity contribution in [1.29, 1.82) is 5.26 Å². The summed E-state index contributed by atoms with van der Waals surface area (Å²) in [7, 11) is 0. The van der Waals surface area contributed by atoms with Gasteiger partial charge in [-0.1, -0.05) is 75.6 Å². The summed E-state index contributed by atoms with van der Waals surface area (Å²) < 4.78 is 0. The summed E-state index contributed by atoms with van der Waals surface area (Å²) in [6.45, 7) is 6.76. The molecule has 1 amide bonds. The number of hydrogen-bond acceptors (Lipinski definition) is 4. The smallest absolute Gasteiger partial charge is 0.233 e. The molecule has 1 aliphatic rings. The van der Waals surface area contributed by atoms with Crippen molar-refractivity contribution in [2.24, 2.45) is 5.41 Å². The third-order valence-corrected chi connectivity index (χ3v) is 7.79. The summed E-state index contributed by atoms with van der Waals surface area (Å²) in [5, 5.41) is 12.0.